The Bertz CT molecular complexity index is 852. The first-order chi connectivity index (χ1) is 14.1. The van der Waals surface area contributed by atoms with Crippen molar-refractivity contribution >= 4 is 15.9 Å². The molecule has 0 spiro atoms. The number of benzene rings is 1. The number of alkyl halides is 3. The average Bonchev–Trinajstić information content (AvgIpc) is 3.19. The molecular weight excluding hydrogens is 419 g/mol. The molecule has 3 rings (SSSR count). The van der Waals surface area contributed by atoms with Crippen LogP contribution in [-0.4, -0.2) is 62.3 Å². The molecule has 1 N–H and O–H groups in total. The lowest BCUT2D eigenvalue weighted by Gasteiger charge is -2.31. The van der Waals surface area contributed by atoms with Crippen molar-refractivity contribution in [2.24, 2.45) is 5.92 Å². The third-order valence-corrected chi connectivity index (χ3v) is 8.01. The number of carbonyl (C=O) groups excluding carboxylic acids is 1. The summed E-state index contributed by atoms with van der Waals surface area (Å²) < 4.78 is 66.4. The van der Waals surface area contributed by atoms with Crippen molar-refractivity contribution in [3.8, 4) is 0 Å². The zero-order chi connectivity index (χ0) is 21.9. The van der Waals surface area contributed by atoms with Crippen LogP contribution in [0.5, 0.6) is 0 Å². The molecule has 1 amide bonds. The van der Waals surface area contributed by atoms with Gasteiger partial charge in [-0.25, -0.2) is 8.42 Å². The highest BCUT2D eigenvalue weighted by molar-refractivity contribution is 7.89. The van der Waals surface area contributed by atoms with Gasteiger partial charge in [-0.1, -0.05) is 19.1 Å². The summed E-state index contributed by atoms with van der Waals surface area (Å²) >= 11 is 0. The van der Waals surface area contributed by atoms with Crippen LogP contribution in [-0.2, 0) is 21.0 Å². The van der Waals surface area contributed by atoms with E-state index < -0.39 is 26.7 Å². The average molecular weight is 448 g/mol. The van der Waals surface area contributed by atoms with Gasteiger partial charge in [-0.05, 0) is 50.9 Å². The molecule has 6 nitrogen and oxygen atoms in total. The van der Waals surface area contributed by atoms with E-state index in [4.69, 9.17) is 0 Å². The van der Waals surface area contributed by atoms with Gasteiger partial charge < -0.3 is 5.32 Å². The Balaban J connectivity index is 1.59. The Hall–Kier alpha value is -1.65. The number of piperidine rings is 1. The van der Waals surface area contributed by atoms with Gasteiger partial charge in [-0.15, -0.1) is 0 Å². The van der Waals surface area contributed by atoms with Crippen LogP contribution < -0.4 is 5.32 Å². The Morgan fingerprint density at radius 2 is 1.80 bits per heavy atom. The van der Waals surface area contributed by atoms with E-state index in [1.807, 2.05) is 0 Å². The molecule has 2 fully saturated rings. The number of hydrogen-bond donors (Lipinski definition) is 1. The van der Waals surface area contributed by atoms with Crippen molar-refractivity contribution in [3.05, 3.63) is 29.8 Å². The van der Waals surface area contributed by atoms with Crippen LogP contribution in [0.15, 0.2) is 29.2 Å². The summed E-state index contributed by atoms with van der Waals surface area (Å²) in [5, 5.41) is 2.98. The van der Waals surface area contributed by atoms with Gasteiger partial charge in [0.25, 0.3) is 0 Å². The molecule has 0 aromatic heterocycles. The lowest BCUT2D eigenvalue weighted by Crippen LogP contribution is -2.46. The van der Waals surface area contributed by atoms with Gasteiger partial charge in [-0.3, -0.25) is 9.69 Å². The number of nitrogens with one attached hydrogen (secondary N) is 1. The molecular formula is C20H28F3N3O3S. The summed E-state index contributed by atoms with van der Waals surface area (Å²) in [7, 11) is -4.29. The topological polar surface area (TPSA) is 69.7 Å². The smallest absolute Gasteiger partial charge is 0.354 e. The van der Waals surface area contributed by atoms with Crippen LogP contribution in [0, 0.1) is 5.92 Å². The summed E-state index contributed by atoms with van der Waals surface area (Å²) in [6, 6.07) is 4.54. The monoisotopic (exact) mass is 447 g/mol. The number of hydrogen-bond acceptors (Lipinski definition) is 4. The van der Waals surface area contributed by atoms with Gasteiger partial charge >= 0.3 is 6.18 Å². The summed E-state index contributed by atoms with van der Waals surface area (Å²) in [6.07, 6.45) is -2.01. The minimum atomic E-state index is -4.76. The number of likely N-dealkylation sites (tertiary alicyclic amines) is 1. The second-order valence-electron chi connectivity index (χ2n) is 7.84. The maximum absolute atomic E-state index is 13.2. The molecule has 2 aliphatic rings. The molecule has 10 heteroatoms. The summed E-state index contributed by atoms with van der Waals surface area (Å²) in [5.41, 5.74) is -1.16. The zero-order valence-electron chi connectivity index (χ0n) is 17.0. The molecule has 0 radical (unpaired) electrons. The highest BCUT2D eigenvalue weighted by atomic mass is 32.2. The molecule has 1 aromatic carbocycles. The van der Waals surface area contributed by atoms with E-state index in [0.29, 0.717) is 25.4 Å². The van der Waals surface area contributed by atoms with Crippen LogP contribution in [0.25, 0.3) is 0 Å². The first-order valence-electron chi connectivity index (χ1n) is 10.3. The van der Waals surface area contributed by atoms with Crippen LogP contribution in [0.4, 0.5) is 13.2 Å². The Morgan fingerprint density at radius 3 is 2.43 bits per heavy atom. The van der Waals surface area contributed by atoms with Crippen molar-refractivity contribution in [1.82, 2.24) is 14.5 Å². The van der Waals surface area contributed by atoms with E-state index in [1.165, 1.54) is 12.1 Å². The predicted molar refractivity (Wildman–Crippen MR) is 106 cm³/mol. The normalized spacial score (nSPS) is 22.3. The fourth-order valence-electron chi connectivity index (χ4n) is 4.33. The van der Waals surface area contributed by atoms with Gasteiger partial charge in [0.2, 0.25) is 15.9 Å². The van der Waals surface area contributed by atoms with Crippen molar-refractivity contribution < 1.29 is 26.4 Å². The van der Waals surface area contributed by atoms with Crippen molar-refractivity contribution in [3.63, 3.8) is 0 Å². The molecule has 0 bridgehead atoms. The van der Waals surface area contributed by atoms with E-state index in [0.717, 1.165) is 42.4 Å². The van der Waals surface area contributed by atoms with E-state index in [-0.39, 0.29) is 24.9 Å². The lowest BCUT2D eigenvalue weighted by atomic mass is 9.97. The van der Waals surface area contributed by atoms with Gasteiger partial charge in [0.15, 0.2) is 0 Å². The Labute approximate surface area is 175 Å². The first-order valence-corrected chi connectivity index (χ1v) is 11.8. The number of nitrogens with zero attached hydrogens (tertiary/aromatic N) is 2. The van der Waals surface area contributed by atoms with Crippen LogP contribution in [0.1, 0.15) is 38.2 Å². The van der Waals surface area contributed by atoms with Crippen molar-refractivity contribution in [2.75, 3.05) is 32.7 Å². The predicted octanol–water partition coefficient (Wildman–Crippen LogP) is 2.71. The molecule has 30 heavy (non-hydrogen) atoms. The summed E-state index contributed by atoms with van der Waals surface area (Å²) in [4.78, 5) is 14.1. The standard InChI is InChI=1S/C20H28F3N3O3S/c1-2-25-11-5-6-16(25)14-24-19(27)15-9-12-26(13-10-15)30(28,29)18-8-4-3-7-17(18)20(21,22)23/h3-4,7-8,15-16H,2,5-6,9-14H2,1H3,(H,24,27). The molecule has 168 valence electrons. The highest BCUT2D eigenvalue weighted by Gasteiger charge is 2.40. The van der Waals surface area contributed by atoms with E-state index in [1.54, 1.807) is 0 Å². The summed E-state index contributed by atoms with van der Waals surface area (Å²) in [5.74, 6) is -0.434. The Morgan fingerprint density at radius 1 is 1.13 bits per heavy atom. The molecule has 2 saturated heterocycles. The minimum absolute atomic E-state index is 0.0249. The van der Waals surface area contributed by atoms with Gasteiger partial charge in [0, 0.05) is 31.6 Å². The minimum Gasteiger partial charge on any atom is -0.354 e. The molecule has 0 saturated carbocycles. The van der Waals surface area contributed by atoms with Crippen LogP contribution in [0.2, 0.25) is 0 Å². The van der Waals surface area contributed by atoms with Crippen LogP contribution >= 0.6 is 0 Å². The number of halogens is 3. The number of rotatable bonds is 6. The number of amides is 1. The maximum atomic E-state index is 13.2. The van der Waals surface area contributed by atoms with E-state index in [2.05, 4.69) is 17.1 Å². The van der Waals surface area contributed by atoms with E-state index >= 15 is 0 Å². The lowest BCUT2D eigenvalue weighted by molar-refractivity contribution is -0.139. The van der Waals surface area contributed by atoms with Gasteiger partial charge in [0.05, 0.1) is 10.5 Å². The second-order valence-corrected chi connectivity index (χ2v) is 9.75. The maximum Gasteiger partial charge on any atom is 0.417 e. The Kier molecular flexibility index (Phi) is 7.09. The third-order valence-electron chi connectivity index (χ3n) is 6.05. The first kappa shape index (κ1) is 23.0. The molecule has 1 atom stereocenters. The SMILES string of the molecule is CCN1CCCC1CNC(=O)C1CCN(S(=O)(=O)c2ccccc2C(F)(F)F)CC1. The van der Waals surface area contributed by atoms with Gasteiger partial charge in [0.1, 0.15) is 0 Å². The highest BCUT2D eigenvalue weighted by Crippen LogP contribution is 2.36. The van der Waals surface area contributed by atoms with Crippen molar-refractivity contribution in [1.29, 1.82) is 0 Å². The quantitative estimate of drug-likeness (QED) is 0.728. The molecule has 1 aromatic rings. The zero-order valence-corrected chi connectivity index (χ0v) is 17.8. The molecule has 1 unspecified atom stereocenters. The number of likely N-dealkylation sites (N-methyl/N-ethyl adjacent to an activating group) is 1. The van der Waals surface area contributed by atoms with Crippen LogP contribution in [0.3, 0.4) is 0 Å². The van der Waals surface area contributed by atoms with Crippen molar-refractivity contribution in [2.45, 2.75) is 49.7 Å². The van der Waals surface area contributed by atoms with E-state index in [9.17, 15) is 26.4 Å². The fourth-order valence-corrected chi connectivity index (χ4v) is 6.01. The summed E-state index contributed by atoms with van der Waals surface area (Å²) in [6.45, 7) is 4.69. The fraction of sp³-hybridized carbons (Fsp3) is 0.650. The largest absolute Gasteiger partial charge is 0.417 e. The second kappa shape index (κ2) is 9.23. The molecule has 0 aliphatic carbocycles. The number of sulfonamides is 1. The third kappa shape index (κ3) is 4.97. The van der Waals surface area contributed by atoms with Gasteiger partial charge in [-0.2, -0.15) is 17.5 Å². The molecule has 2 heterocycles. The number of carbonyl (C=O) groups is 1. The molecule has 2 aliphatic heterocycles.